The summed E-state index contributed by atoms with van der Waals surface area (Å²) in [6.45, 7) is 2.56. The van der Waals surface area contributed by atoms with Crippen LogP contribution in [0.15, 0.2) is 16.3 Å². The lowest BCUT2D eigenvalue weighted by Crippen LogP contribution is -2.33. The van der Waals surface area contributed by atoms with Gasteiger partial charge in [0.25, 0.3) is 11.8 Å². The maximum absolute atomic E-state index is 11.7. The van der Waals surface area contributed by atoms with Gasteiger partial charge >= 0.3 is 0 Å². The molecule has 2 aliphatic rings. The molecule has 2 rings (SSSR count). The number of carbonyl (C=O) groups excluding carboxylic acids is 2. The van der Waals surface area contributed by atoms with Crippen molar-refractivity contribution in [2.75, 3.05) is 6.54 Å². The van der Waals surface area contributed by atoms with E-state index in [1.807, 2.05) is 6.92 Å². The van der Waals surface area contributed by atoms with Crippen LogP contribution in [-0.4, -0.2) is 29.5 Å². The van der Waals surface area contributed by atoms with E-state index in [4.69, 9.17) is 0 Å². The first-order chi connectivity index (χ1) is 6.75. The molecule has 2 aliphatic heterocycles. The minimum Gasteiger partial charge on any atom is -0.273 e. The van der Waals surface area contributed by atoms with Crippen molar-refractivity contribution in [3.63, 3.8) is 0 Å². The van der Waals surface area contributed by atoms with Crippen molar-refractivity contribution in [3.8, 4) is 0 Å². The summed E-state index contributed by atoms with van der Waals surface area (Å²) in [5.41, 5.74) is 0.942. The molecule has 0 unspecified atom stereocenters. The fraction of sp³-hybridized carbons (Fsp3) is 0.500. The number of rotatable bonds is 3. The predicted octanol–water partition coefficient (Wildman–Crippen LogP) is 0.884. The number of nitrogens with zero attached hydrogens (tertiary/aromatic N) is 2. The molecular weight excluding hydrogens is 180 g/mol. The Labute approximate surface area is 82.3 Å². The van der Waals surface area contributed by atoms with E-state index in [0.717, 1.165) is 12.8 Å². The average Bonchev–Trinajstić information content (AvgIpc) is 2.72. The van der Waals surface area contributed by atoms with E-state index in [0.29, 0.717) is 24.2 Å². The summed E-state index contributed by atoms with van der Waals surface area (Å²) in [5, 5.41) is 0. The summed E-state index contributed by atoms with van der Waals surface area (Å²) >= 11 is 0. The molecule has 4 nitrogen and oxygen atoms in total. The second-order valence-corrected chi connectivity index (χ2v) is 3.46. The van der Waals surface area contributed by atoms with Crippen LogP contribution in [0.1, 0.15) is 26.2 Å². The van der Waals surface area contributed by atoms with Gasteiger partial charge in [0.2, 0.25) is 0 Å². The molecule has 0 atom stereocenters. The number of amides is 2. The Bertz CT molecular complexity index is 355. The molecule has 2 amide bonds. The molecule has 0 saturated carbocycles. The lowest BCUT2D eigenvalue weighted by Gasteiger charge is -2.13. The Kier molecular flexibility index (Phi) is 2.19. The molecule has 0 aromatic rings. The van der Waals surface area contributed by atoms with Crippen LogP contribution in [0.25, 0.3) is 0 Å². The molecule has 0 saturated heterocycles. The van der Waals surface area contributed by atoms with Crippen molar-refractivity contribution in [1.29, 1.82) is 0 Å². The van der Waals surface area contributed by atoms with E-state index in [2.05, 4.69) is 4.99 Å². The second kappa shape index (κ2) is 3.36. The summed E-state index contributed by atoms with van der Waals surface area (Å²) in [4.78, 5) is 28.5. The van der Waals surface area contributed by atoms with E-state index < -0.39 is 0 Å². The van der Waals surface area contributed by atoms with Gasteiger partial charge in [0.1, 0.15) is 5.70 Å². The zero-order chi connectivity index (χ0) is 10.1. The topological polar surface area (TPSA) is 49.7 Å². The summed E-state index contributed by atoms with van der Waals surface area (Å²) in [6.07, 6.45) is 3.98. The maximum Gasteiger partial charge on any atom is 0.279 e. The fourth-order valence-electron chi connectivity index (χ4n) is 1.68. The van der Waals surface area contributed by atoms with Gasteiger partial charge in [-0.2, -0.15) is 0 Å². The molecule has 0 spiro atoms. The smallest absolute Gasteiger partial charge is 0.273 e. The Hall–Kier alpha value is -1.45. The van der Waals surface area contributed by atoms with Gasteiger partial charge in [-0.3, -0.25) is 19.5 Å². The number of unbranched alkanes of at least 4 members (excludes halogenated alkanes) is 1. The highest BCUT2D eigenvalue weighted by Gasteiger charge is 2.38. The van der Waals surface area contributed by atoms with Crippen molar-refractivity contribution in [2.45, 2.75) is 26.2 Å². The van der Waals surface area contributed by atoms with Crippen LogP contribution >= 0.6 is 0 Å². The van der Waals surface area contributed by atoms with Crippen molar-refractivity contribution < 1.29 is 9.59 Å². The van der Waals surface area contributed by atoms with Crippen LogP contribution in [0.4, 0.5) is 0 Å². The summed E-state index contributed by atoms with van der Waals surface area (Å²) in [6, 6.07) is 0. The highest BCUT2D eigenvalue weighted by Crippen LogP contribution is 2.27. The third-order valence-corrected chi connectivity index (χ3v) is 2.49. The first kappa shape index (κ1) is 9.12. The predicted molar refractivity (Wildman–Crippen MR) is 51.8 cm³/mol. The number of imide groups is 1. The standard InChI is InChI=1S/C10H12N2O2/c1-2-3-6-12-9(13)7-4-5-11-8(7)10(12)14/h5H,2-4,6H2,1H3. The van der Waals surface area contributed by atoms with Crippen LogP contribution in [0.3, 0.4) is 0 Å². The van der Waals surface area contributed by atoms with Gasteiger partial charge < -0.3 is 0 Å². The number of carbonyl (C=O) groups is 2. The molecule has 74 valence electrons. The fourth-order valence-corrected chi connectivity index (χ4v) is 1.68. The quantitative estimate of drug-likeness (QED) is 0.623. The largest absolute Gasteiger partial charge is 0.279 e. The lowest BCUT2D eigenvalue weighted by molar-refractivity contribution is -0.137. The highest BCUT2D eigenvalue weighted by molar-refractivity contribution is 6.21. The minimum atomic E-state index is -0.216. The molecule has 0 aromatic carbocycles. The van der Waals surface area contributed by atoms with Crippen LogP contribution < -0.4 is 0 Å². The Morgan fingerprint density at radius 2 is 2.21 bits per heavy atom. The van der Waals surface area contributed by atoms with E-state index in [1.54, 1.807) is 6.21 Å². The summed E-state index contributed by atoms with van der Waals surface area (Å²) in [7, 11) is 0. The van der Waals surface area contributed by atoms with Gasteiger partial charge in [-0.1, -0.05) is 13.3 Å². The van der Waals surface area contributed by atoms with Gasteiger partial charge in [-0.25, -0.2) is 0 Å². The monoisotopic (exact) mass is 192 g/mol. The van der Waals surface area contributed by atoms with Crippen molar-refractivity contribution in [2.24, 2.45) is 4.99 Å². The third-order valence-electron chi connectivity index (χ3n) is 2.49. The molecule has 0 aliphatic carbocycles. The normalized spacial score (nSPS) is 19.9. The van der Waals surface area contributed by atoms with Gasteiger partial charge in [-0.05, 0) is 6.42 Å². The second-order valence-electron chi connectivity index (χ2n) is 3.46. The Balaban J connectivity index is 2.15. The Morgan fingerprint density at radius 3 is 2.86 bits per heavy atom. The molecule has 0 radical (unpaired) electrons. The van der Waals surface area contributed by atoms with Gasteiger partial charge in [0.05, 0.1) is 5.57 Å². The molecule has 0 fully saturated rings. The lowest BCUT2D eigenvalue weighted by atomic mass is 10.2. The van der Waals surface area contributed by atoms with E-state index in [-0.39, 0.29) is 11.8 Å². The molecule has 4 heteroatoms. The molecule has 0 N–H and O–H groups in total. The van der Waals surface area contributed by atoms with E-state index in [1.165, 1.54) is 4.90 Å². The van der Waals surface area contributed by atoms with Crippen molar-refractivity contribution in [3.05, 3.63) is 11.3 Å². The molecule has 2 heterocycles. The molecule has 14 heavy (non-hydrogen) atoms. The van der Waals surface area contributed by atoms with Crippen LogP contribution in [0, 0.1) is 0 Å². The van der Waals surface area contributed by atoms with Crippen molar-refractivity contribution >= 4 is 18.0 Å². The minimum absolute atomic E-state index is 0.143. The SMILES string of the molecule is CCCCN1C(=O)C2=C(N=CC2)C1=O. The summed E-state index contributed by atoms with van der Waals surface area (Å²) < 4.78 is 0. The first-order valence-corrected chi connectivity index (χ1v) is 4.87. The third kappa shape index (κ3) is 1.18. The number of hydrogen-bond donors (Lipinski definition) is 0. The average molecular weight is 192 g/mol. The van der Waals surface area contributed by atoms with E-state index in [9.17, 15) is 9.59 Å². The first-order valence-electron chi connectivity index (χ1n) is 4.87. The van der Waals surface area contributed by atoms with Gasteiger partial charge in [-0.15, -0.1) is 0 Å². The molecule has 0 bridgehead atoms. The van der Waals surface area contributed by atoms with Crippen LogP contribution in [0.2, 0.25) is 0 Å². The molecule has 0 aromatic heterocycles. The highest BCUT2D eigenvalue weighted by atomic mass is 16.2. The van der Waals surface area contributed by atoms with Gasteiger partial charge in [0, 0.05) is 19.2 Å². The van der Waals surface area contributed by atoms with Gasteiger partial charge in [0.15, 0.2) is 0 Å². The van der Waals surface area contributed by atoms with E-state index >= 15 is 0 Å². The van der Waals surface area contributed by atoms with Crippen molar-refractivity contribution in [1.82, 2.24) is 4.90 Å². The number of aliphatic imine (C=N–C) groups is 1. The Morgan fingerprint density at radius 1 is 1.43 bits per heavy atom. The van der Waals surface area contributed by atoms with Crippen LogP contribution in [0.5, 0.6) is 0 Å². The molecular formula is C10H12N2O2. The zero-order valence-electron chi connectivity index (χ0n) is 8.12. The maximum atomic E-state index is 11.7. The number of hydrogen-bond acceptors (Lipinski definition) is 3. The zero-order valence-corrected chi connectivity index (χ0v) is 8.12. The summed E-state index contributed by atoms with van der Waals surface area (Å²) in [5.74, 6) is -0.358. The van der Waals surface area contributed by atoms with Crippen LogP contribution in [-0.2, 0) is 9.59 Å².